The van der Waals surface area contributed by atoms with Gasteiger partial charge in [0.15, 0.2) is 5.13 Å². The van der Waals surface area contributed by atoms with Gasteiger partial charge in [-0.25, -0.2) is 9.78 Å². The number of carbonyl (C=O) groups is 1. The minimum Gasteiger partial charge on any atom is -0.497 e. The van der Waals surface area contributed by atoms with Crippen molar-refractivity contribution in [3.63, 3.8) is 0 Å². The molecule has 7 nitrogen and oxygen atoms in total. The third-order valence-electron chi connectivity index (χ3n) is 4.25. The zero-order valence-corrected chi connectivity index (χ0v) is 15.2. The summed E-state index contributed by atoms with van der Waals surface area (Å²) in [5, 5.41) is 12.1. The number of rotatable bonds is 6. The number of piperidine rings is 1. The smallest absolute Gasteiger partial charge is 0.404 e. The molecule has 1 aromatic heterocycles. The summed E-state index contributed by atoms with van der Waals surface area (Å²) in [7, 11) is 1.66. The number of hydrogen-bond donors (Lipinski definition) is 2. The predicted molar refractivity (Wildman–Crippen MR) is 98.0 cm³/mol. The van der Waals surface area contributed by atoms with E-state index in [-0.39, 0.29) is 12.1 Å². The number of thiazole rings is 1. The summed E-state index contributed by atoms with van der Waals surface area (Å²) in [6.07, 6.45) is 0.986. The Morgan fingerprint density at radius 3 is 2.92 bits per heavy atom. The first kappa shape index (κ1) is 17.8. The molecule has 1 aromatic carbocycles. The second kappa shape index (κ2) is 7.88. The summed E-state index contributed by atoms with van der Waals surface area (Å²) >= 11 is 1.69. The van der Waals surface area contributed by atoms with Crippen molar-refractivity contribution in [1.29, 1.82) is 0 Å². The van der Waals surface area contributed by atoms with Crippen molar-refractivity contribution in [3.05, 3.63) is 18.2 Å². The Balaban J connectivity index is 1.53. The Bertz CT molecular complexity index is 728. The van der Waals surface area contributed by atoms with Gasteiger partial charge in [-0.15, -0.1) is 0 Å². The van der Waals surface area contributed by atoms with Crippen LogP contribution in [0.15, 0.2) is 18.2 Å². The Morgan fingerprint density at radius 2 is 2.24 bits per heavy atom. The lowest BCUT2D eigenvalue weighted by Gasteiger charge is -2.32. The largest absolute Gasteiger partial charge is 0.497 e. The zero-order valence-electron chi connectivity index (χ0n) is 14.4. The maximum Gasteiger partial charge on any atom is 0.404 e. The monoisotopic (exact) mass is 365 g/mol. The second-order valence-corrected chi connectivity index (χ2v) is 7.21. The van der Waals surface area contributed by atoms with Crippen LogP contribution in [0.25, 0.3) is 10.2 Å². The molecule has 3 rings (SSSR count). The number of hydrogen-bond acceptors (Lipinski definition) is 6. The van der Waals surface area contributed by atoms with Crippen LogP contribution in [0.2, 0.25) is 0 Å². The van der Waals surface area contributed by atoms with Gasteiger partial charge in [0.2, 0.25) is 0 Å². The number of carboxylic acid groups (broad SMARTS) is 1. The summed E-state index contributed by atoms with van der Waals surface area (Å²) in [4.78, 5) is 17.6. The molecule has 2 heterocycles. The molecule has 25 heavy (non-hydrogen) atoms. The van der Waals surface area contributed by atoms with Gasteiger partial charge in [0.05, 0.1) is 36.1 Å². The van der Waals surface area contributed by atoms with Gasteiger partial charge in [-0.05, 0) is 31.9 Å². The van der Waals surface area contributed by atoms with E-state index in [1.54, 1.807) is 25.4 Å². The van der Waals surface area contributed by atoms with Crippen molar-refractivity contribution in [3.8, 4) is 5.75 Å². The van der Waals surface area contributed by atoms with Crippen molar-refractivity contribution in [2.45, 2.75) is 31.9 Å². The number of nitrogens with one attached hydrogen (secondary N) is 1. The highest BCUT2D eigenvalue weighted by Crippen LogP contribution is 2.32. The third kappa shape index (κ3) is 4.52. The van der Waals surface area contributed by atoms with Crippen LogP contribution in [-0.2, 0) is 4.74 Å². The zero-order chi connectivity index (χ0) is 17.8. The highest BCUT2D eigenvalue weighted by atomic mass is 32.1. The average Bonchev–Trinajstić information content (AvgIpc) is 3.03. The van der Waals surface area contributed by atoms with Crippen molar-refractivity contribution in [1.82, 2.24) is 10.3 Å². The van der Waals surface area contributed by atoms with E-state index < -0.39 is 6.09 Å². The maximum absolute atomic E-state index is 10.6. The molecule has 0 spiro atoms. The van der Waals surface area contributed by atoms with Gasteiger partial charge in [-0.1, -0.05) is 11.3 Å². The van der Waals surface area contributed by atoms with Crippen LogP contribution >= 0.6 is 11.3 Å². The Morgan fingerprint density at radius 1 is 1.48 bits per heavy atom. The number of methoxy groups -OCH3 is 1. The molecule has 1 aliphatic heterocycles. The van der Waals surface area contributed by atoms with E-state index in [2.05, 4.69) is 10.2 Å². The fourth-order valence-corrected chi connectivity index (χ4v) is 3.90. The van der Waals surface area contributed by atoms with E-state index in [9.17, 15) is 4.79 Å². The fourth-order valence-electron chi connectivity index (χ4n) is 2.90. The number of amides is 1. The van der Waals surface area contributed by atoms with Crippen LogP contribution in [0.3, 0.4) is 0 Å². The van der Waals surface area contributed by atoms with Crippen LogP contribution in [0.5, 0.6) is 5.75 Å². The lowest BCUT2D eigenvalue weighted by atomic mass is 10.1. The predicted octanol–water partition coefficient (Wildman–Crippen LogP) is 2.95. The van der Waals surface area contributed by atoms with Gasteiger partial charge in [0, 0.05) is 19.2 Å². The Kier molecular flexibility index (Phi) is 5.60. The van der Waals surface area contributed by atoms with Crippen LogP contribution < -0.4 is 15.0 Å². The molecule has 1 saturated heterocycles. The van der Waals surface area contributed by atoms with E-state index in [4.69, 9.17) is 19.6 Å². The molecule has 2 N–H and O–H groups in total. The molecule has 2 aromatic rings. The first-order chi connectivity index (χ1) is 12.0. The second-order valence-electron chi connectivity index (χ2n) is 6.20. The molecule has 8 heteroatoms. The average molecular weight is 365 g/mol. The van der Waals surface area contributed by atoms with E-state index in [0.717, 1.165) is 47.0 Å². The topological polar surface area (TPSA) is 83.9 Å². The lowest BCUT2D eigenvalue weighted by molar-refractivity contribution is 0.0264. The summed E-state index contributed by atoms with van der Waals surface area (Å²) in [5.74, 6) is 0.820. The van der Waals surface area contributed by atoms with Crippen molar-refractivity contribution >= 4 is 32.8 Å². The van der Waals surface area contributed by atoms with E-state index in [1.165, 1.54) is 0 Å². The first-order valence-electron chi connectivity index (χ1n) is 8.35. The number of nitrogens with zero attached hydrogens (tertiary/aromatic N) is 2. The van der Waals surface area contributed by atoms with E-state index in [1.807, 2.05) is 18.2 Å². The van der Waals surface area contributed by atoms with Crippen LogP contribution in [0.4, 0.5) is 9.93 Å². The van der Waals surface area contributed by atoms with Gasteiger partial charge < -0.3 is 24.8 Å². The molecule has 0 radical (unpaired) electrons. The number of anilines is 1. The summed E-state index contributed by atoms with van der Waals surface area (Å²) < 4.78 is 12.2. The van der Waals surface area contributed by atoms with Crippen molar-refractivity contribution in [2.75, 3.05) is 31.7 Å². The quantitative estimate of drug-likeness (QED) is 0.819. The number of fused-ring (bicyclic) bond motifs is 1. The highest BCUT2D eigenvalue weighted by molar-refractivity contribution is 7.22. The van der Waals surface area contributed by atoms with E-state index >= 15 is 0 Å². The number of benzene rings is 1. The van der Waals surface area contributed by atoms with Gasteiger partial charge in [0.1, 0.15) is 5.75 Å². The van der Waals surface area contributed by atoms with Crippen molar-refractivity contribution < 1.29 is 19.4 Å². The molecule has 1 aliphatic rings. The molecule has 0 saturated carbocycles. The van der Waals surface area contributed by atoms with Gasteiger partial charge in [-0.2, -0.15) is 0 Å². The third-order valence-corrected chi connectivity index (χ3v) is 5.34. The van der Waals surface area contributed by atoms with E-state index in [0.29, 0.717) is 6.61 Å². The Hall–Kier alpha value is -2.06. The van der Waals surface area contributed by atoms with Gasteiger partial charge >= 0.3 is 6.09 Å². The summed E-state index contributed by atoms with van der Waals surface area (Å²) in [6, 6.07) is 5.76. The normalized spacial score (nSPS) is 16.8. The first-order valence-corrected chi connectivity index (χ1v) is 9.17. The van der Waals surface area contributed by atoms with Crippen LogP contribution in [0, 0.1) is 0 Å². The minimum atomic E-state index is -1.02. The molecule has 1 atom stereocenters. The summed E-state index contributed by atoms with van der Waals surface area (Å²) in [6.45, 7) is 3.99. The highest BCUT2D eigenvalue weighted by Gasteiger charge is 2.22. The van der Waals surface area contributed by atoms with Crippen molar-refractivity contribution in [2.24, 2.45) is 0 Å². The van der Waals surface area contributed by atoms with Crippen LogP contribution in [-0.4, -0.2) is 55.1 Å². The number of ether oxygens (including phenoxy) is 2. The molecule has 0 aliphatic carbocycles. The van der Waals surface area contributed by atoms with Gasteiger partial charge in [0.25, 0.3) is 0 Å². The fraction of sp³-hybridized carbons (Fsp3) is 0.529. The maximum atomic E-state index is 10.6. The molecule has 1 amide bonds. The standard InChI is InChI=1S/C17H23N3O4S/c1-11(18-17(21)22)10-24-12-5-7-20(8-6-12)16-19-14-9-13(23-2)3-4-15(14)25-16/h3-4,9,11-12,18H,5-8,10H2,1-2H3,(H,21,22)/t11-/m0/s1. The minimum absolute atomic E-state index is 0.170. The molecule has 136 valence electrons. The molecule has 0 unspecified atom stereocenters. The van der Waals surface area contributed by atoms with Crippen LogP contribution in [0.1, 0.15) is 19.8 Å². The molecule has 1 fully saturated rings. The molecular formula is C17H23N3O4S. The lowest BCUT2D eigenvalue weighted by Crippen LogP contribution is -2.40. The summed E-state index contributed by atoms with van der Waals surface area (Å²) in [5.41, 5.74) is 0.964. The van der Waals surface area contributed by atoms with Gasteiger partial charge in [-0.3, -0.25) is 0 Å². The Labute approximate surface area is 150 Å². The molecular weight excluding hydrogens is 342 g/mol. The number of aromatic nitrogens is 1. The molecule has 0 bridgehead atoms. The SMILES string of the molecule is COc1ccc2sc(N3CCC(OC[C@H](C)NC(=O)O)CC3)nc2c1.